The second kappa shape index (κ2) is 13.9. The van der Waals surface area contributed by atoms with Gasteiger partial charge in [-0.1, -0.05) is 17.7 Å². The third-order valence-corrected chi connectivity index (χ3v) is 6.16. The Morgan fingerprint density at radius 3 is 2.61 bits per heavy atom. The Kier molecular flexibility index (Phi) is 11.6. The van der Waals surface area contributed by atoms with E-state index in [0.29, 0.717) is 35.2 Å². The van der Waals surface area contributed by atoms with Crippen molar-refractivity contribution in [1.29, 1.82) is 0 Å². The number of nitrogens with one attached hydrogen (secondary N) is 2. The van der Waals surface area contributed by atoms with Gasteiger partial charge < -0.3 is 15.5 Å². The summed E-state index contributed by atoms with van der Waals surface area (Å²) in [6, 6.07) is 4.92. The fourth-order valence-corrected chi connectivity index (χ4v) is 4.19. The Morgan fingerprint density at radius 2 is 1.94 bits per heavy atom. The summed E-state index contributed by atoms with van der Waals surface area (Å²) >= 11 is 7.55. The average Bonchev–Trinajstić information content (AvgIpc) is 2.72. The van der Waals surface area contributed by atoms with E-state index in [1.807, 2.05) is 13.8 Å². The molecule has 1 radical (unpaired) electrons. The standard InChI is InChI=1S/C22H33ClFN4O2S/c1-17(2)26-21(29)7-14-31-16-22(30)25-8-4-9-27-10-12-28(13-11-27)15-18-19(23)5-3-6-20(18)24/h3,5-7,17H,4,8-16H2,1-2H3,(H,25,30)(H,26,29). The van der Waals surface area contributed by atoms with Gasteiger partial charge in [0.05, 0.1) is 12.2 Å². The highest BCUT2D eigenvalue weighted by Crippen LogP contribution is 2.21. The number of amides is 2. The number of hydrogen-bond donors (Lipinski definition) is 2. The van der Waals surface area contributed by atoms with Crippen LogP contribution in [0.4, 0.5) is 4.39 Å². The molecule has 6 nitrogen and oxygen atoms in total. The number of nitrogens with zero attached hydrogens (tertiary/aromatic N) is 2. The maximum absolute atomic E-state index is 14.0. The van der Waals surface area contributed by atoms with Crippen molar-refractivity contribution in [1.82, 2.24) is 20.4 Å². The van der Waals surface area contributed by atoms with Crippen LogP contribution in [0.1, 0.15) is 25.8 Å². The van der Waals surface area contributed by atoms with Gasteiger partial charge in [-0.15, -0.1) is 0 Å². The molecule has 2 amide bonds. The van der Waals surface area contributed by atoms with E-state index in [4.69, 9.17) is 11.6 Å². The summed E-state index contributed by atoms with van der Waals surface area (Å²) in [4.78, 5) is 28.0. The van der Waals surface area contributed by atoms with Crippen LogP contribution in [0.15, 0.2) is 18.2 Å². The molecule has 9 heteroatoms. The molecular formula is C22H33ClFN4O2S. The van der Waals surface area contributed by atoms with E-state index >= 15 is 0 Å². The zero-order chi connectivity index (χ0) is 22.6. The second-order valence-electron chi connectivity index (χ2n) is 7.90. The molecule has 0 aliphatic carbocycles. The third-order valence-electron chi connectivity index (χ3n) is 4.93. The van der Waals surface area contributed by atoms with Gasteiger partial charge >= 0.3 is 0 Å². The molecule has 0 spiro atoms. The van der Waals surface area contributed by atoms with Gasteiger partial charge in [-0.3, -0.25) is 14.5 Å². The average molecular weight is 472 g/mol. The molecule has 1 aliphatic rings. The number of hydrogen-bond acceptors (Lipinski definition) is 5. The van der Waals surface area contributed by atoms with Gasteiger partial charge in [0, 0.05) is 61.6 Å². The molecule has 0 bridgehead atoms. The van der Waals surface area contributed by atoms with Crippen LogP contribution in [-0.4, -0.2) is 78.4 Å². The minimum atomic E-state index is -0.249. The number of carbonyl (C=O) groups is 2. The van der Waals surface area contributed by atoms with Gasteiger partial charge in [0.1, 0.15) is 5.82 Å². The van der Waals surface area contributed by atoms with Crippen molar-refractivity contribution in [2.75, 3.05) is 50.8 Å². The van der Waals surface area contributed by atoms with Gasteiger partial charge in [-0.05, 0) is 38.9 Å². The van der Waals surface area contributed by atoms with E-state index in [-0.39, 0.29) is 23.7 Å². The summed E-state index contributed by atoms with van der Waals surface area (Å²) in [5.74, 6) is 0.520. The Morgan fingerprint density at radius 1 is 1.23 bits per heavy atom. The van der Waals surface area contributed by atoms with Crippen LogP contribution < -0.4 is 10.6 Å². The first kappa shape index (κ1) is 25.9. The van der Waals surface area contributed by atoms with Gasteiger partial charge in [0.2, 0.25) is 11.8 Å². The first-order valence-electron chi connectivity index (χ1n) is 10.7. The topological polar surface area (TPSA) is 64.7 Å². The number of benzene rings is 1. The first-order valence-corrected chi connectivity index (χ1v) is 12.2. The molecule has 1 fully saturated rings. The Bertz CT molecular complexity index is 695. The smallest absolute Gasteiger partial charge is 0.229 e. The van der Waals surface area contributed by atoms with Crippen molar-refractivity contribution in [2.24, 2.45) is 0 Å². The van der Waals surface area contributed by atoms with Crippen molar-refractivity contribution in [3.63, 3.8) is 0 Å². The quantitative estimate of drug-likeness (QED) is 0.459. The lowest BCUT2D eigenvalue weighted by molar-refractivity contribution is -0.119. The van der Waals surface area contributed by atoms with E-state index in [9.17, 15) is 14.0 Å². The Balaban J connectivity index is 1.51. The van der Waals surface area contributed by atoms with Crippen molar-refractivity contribution in [2.45, 2.75) is 32.9 Å². The number of thioether (sulfide) groups is 1. The van der Waals surface area contributed by atoms with Crippen LogP contribution in [0.5, 0.6) is 0 Å². The zero-order valence-corrected chi connectivity index (χ0v) is 19.9. The molecule has 2 rings (SSSR count). The predicted molar refractivity (Wildman–Crippen MR) is 126 cm³/mol. The van der Waals surface area contributed by atoms with Crippen molar-refractivity contribution < 1.29 is 14.0 Å². The fourth-order valence-electron chi connectivity index (χ4n) is 3.29. The third kappa shape index (κ3) is 10.2. The van der Waals surface area contributed by atoms with Crippen molar-refractivity contribution in [3.05, 3.63) is 41.0 Å². The molecule has 1 saturated heterocycles. The normalized spacial score (nSPS) is 15.3. The number of carbonyl (C=O) groups excluding carboxylic acids is 2. The van der Waals surface area contributed by atoms with Crippen molar-refractivity contribution >= 4 is 35.2 Å². The molecule has 1 aliphatic heterocycles. The molecule has 31 heavy (non-hydrogen) atoms. The minimum absolute atomic E-state index is 0.00532. The van der Waals surface area contributed by atoms with Crippen LogP contribution in [0.2, 0.25) is 5.02 Å². The van der Waals surface area contributed by atoms with Crippen LogP contribution in [0.3, 0.4) is 0 Å². The summed E-state index contributed by atoms with van der Waals surface area (Å²) in [6.45, 7) is 9.50. The van der Waals surface area contributed by atoms with Crippen LogP contribution in [0, 0.1) is 12.2 Å². The fraction of sp³-hybridized carbons (Fsp3) is 0.591. The summed E-state index contributed by atoms with van der Waals surface area (Å²) < 4.78 is 14.0. The molecule has 0 aromatic heterocycles. The highest BCUT2D eigenvalue weighted by Gasteiger charge is 2.19. The largest absolute Gasteiger partial charge is 0.355 e. The highest BCUT2D eigenvalue weighted by molar-refractivity contribution is 8.00. The van der Waals surface area contributed by atoms with Crippen molar-refractivity contribution in [3.8, 4) is 0 Å². The number of piperazine rings is 1. The monoisotopic (exact) mass is 471 g/mol. The highest BCUT2D eigenvalue weighted by atomic mass is 35.5. The lowest BCUT2D eigenvalue weighted by Gasteiger charge is -2.34. The maximum atomic E-state index is 14.0. The van der Waals surface area contributed by atoms with Gasteiger partial charge in [0.15, 0.2) is 0 Å². The van der Waals surface area contributed by atoms with Crippen LogP contribution in [0.25, 0.3) is 0 Å². The van der Waals surface area contributed by atoms with Gasteiger partial charge in [0.25, 0.3) is 0 Å². The summed E-state index contributed by atoms with van der Waals surface area (Å²) in [6.07, 6.45) is 2.45. The molecule has 0 saturated carbocycles. The lowest BCUT2D eigenvalue weighted by atomic mass is 10.2. The van der Waals surface area contributed by atoms with Crippen LogP contribution in [-0.2, 0) is 16.1 Å². The molecule has 0 unspecified atom stereocenters. The maximum Gasteiger partial charge on any atom is 0.229 e. The van der Waals surface area contributed by atoms with E-state index in [0.717, 1.165) is 39.1 Å². The van der Waals surface area contributed by atoms with Gasteiger partial charge in [-0.25, -0.2) is 4.39 Å². The number of halogens is 2. The SMILES string of the molecule is CC(C)NC(=O)[CH]CSCC(=O)NCCCN1CCN(Cc2c(F)cccc2Cl)CC1. The Labute approximate surface area is 194 Å². The van der Waals surface area contributed by atoms with E-state index in [1.165, 1.54) is 17.8 Å². The first-order chi connectivity index (χ1) is 14.8. The molecule has 0 atom stereocenters. The molecule has 1 heterocycles. The molecule has 1 aromatic carbocycles. The summed E-state index contributed by atoms with van der Waals surface area (Å²) in [7, 11) is 0. The minimum Gasteiger partial charge on any atom is -0.355 e. The van der Waals surface area contributed by atoms with Gasteiger partial charge in [-0.2, -0.15) is 11.8 Å². The molecule has 173 valence electrons. The van der Waals surface area contributed by atoms with E-state index in [2.05, 4.69) is 20.4 Å². The summed E-state index contributed by atoms with van der Waals surface area (Å²) in [5.41, 5.74) is 0.566. The zero-order valence-electron chi connectivity index (χ0n) is 18.3. The molecule has 1 aromatic rings. The summed E-state index contributed by atoms with van der Waals surface area (Å²) in [5, 5.41) is 6.19. The van der Waals surface area contributed by atoms with E-state index in [1.54, 1.807) is 18.6 Å². The predicted octanol–water partition coefficient (Wildman–Crippen LogP) is 2.57. The molecular weight excluding hydrogens is 439 g/mol. The number of rotatable bonds is 12. The molecule has 2 N–H and O–H groups in total. The Hall–Kier alpha value is -1.35. The van der Waals surface area contributed by atoms with E-state index < -0.39 is 0 Å². The second-order valence-corrected chi connectivity index (χ2v) is 9.34. The lowest BCUT2D eigenvalue weighted by Crippen LogP contribution is -2.46. The van der Waals surface area contributed by atoms with Crippen LogP contribution >= 0.6 is 23.4 Å².